The van der Waals surface area contributed by atoms with Crippen LogP contribution in [0.1, 0.15) is 22.5 Å². The van der Waals surface area contributed by atoms with Crippen LogP contribution in [0.2, 0.25) is 0 Å². The second-order valence-electron chi connectivity index (χ2n) is 7.16. The normalized spacial score (nSPS) is 11.5. The smallest absolute Gasteiger partial charge is 0.416 e. The number of nitrogens with zero attached hydrogens (tertiary/aromatic N) is 2. The van der Waals surface area contributed by atoms with Crippen molar-refractivity contribution in [2.45, 2.75) is 20.0 Å². The molecule has 0 saturated carbocycles. The van der Waals surface area contributed by atoms with Gasteiger partial charge < -0.3 is 4.74 Å². The number of aryl methyl sites for hydroxylation is 1. The second kappa shape index (κ2) is 10.2. The van der Waals surface area contributed by atoms with Crippen LogP contribution in [-0.4, -0.2) is 28.2 Å². The number of aromatic nitrogens is 2. The average molecular weight is 476 g/mol. The maximum atomic E-state index is 13.2. The molecule has 0 atom stereocenters. The van der Waals surface area contributed by atoms with E-state index in [2.05, 4.69) is 16.0 Å². The Labute approximate surface area is 192 Å². The number of hydrogen-bond donors (Lipinski definition) is 2. The number of carbonyl (C=O) groups excluding carboxylic acids is 2. The summed E-state index contributed by atoms with van der Waals surface area (Å²) in [5, 5.41) is 4.39. The Bertz CT molecular complexity index is 1220. The van der Waals surface area contributed by atoms with E-state index >= 15 is 0 Å². The van der Waals surface area contributed by atoms with Crippen molar-refractivity contribution in [2.24, 2.45) is 0 Å². The molecule has 0 spiro atoms. The quantitative estimate of drug-likeness (QED) is 0.321. The van der Waals surface area contributed by atoms with Gasteiger partial charge in [-0.1, -0.05) is 6.07 Å². The summed E-state index contributed by atoms with van der Waals surface area (Å²) in [6.45, 7) is 2.93. The Morgan fingerprint density at radius 1 is 1.09 bits per heavy atom. The standard InChI is InChI=1S/C23H20F4N4O3/c1-14-20(15(2)31(30-14)18-8-6-17(24)7-9-18)10-11-21(32)28-29-22(33)13-34-19-5-3-4-16(12-19)23(25,26)27/h3-12H,13H2,1-2H3,(H,28,32)(H,29,33)/b11-10+. The van der Waals surface area contributed by atoms with Crippen LogP contribution in [0.3, 0.4) is 0 Å². The SMILES string of the molecule is Cc1nn(-c2ccc(F)cc2)c(C)c1/C=C/C(=O)NNC(=O)COc1cccc(C(F)(F)F)c1. The lowest BCUT2D eigenvalue weighted by atomic mass is 10.2. The first-order valence-corrected chi connectivity index (χ1v) is 9.93. The number of amides is 2. The van der Waals surface area contributed by atoms with Crippen LogP contribution in [0.25, 0.3) is 11.8 Å². The first-order valence-electron chi connectivity index (χ1n) is 9.93. The summed E-state index contributed by atoms with van der Waals surface area (Å²) in [5.41, 5.74) is 6.02. The molecule has 0 radical (unpaired) electrons. The molecule has 1 heterocycles. The van der Waals surface area contributed by atoms with Crippen LogP contribution in [0.15, 0.2) is 54.6 Å². The average Bonchev–Trinajstić information content (AvgIpc) is 3.08. The highest BCUT2D eigenvalue weighted by Crippen LogP contribution is 2.31. The van der Waals surface area contributed by atoms with Crippen LogP contribution in [0, 0.1) is 19.7 Å². The van der Waals surface area contributed by atoms with Crippen molar-refractivity contribution in [3.05, 3.63) is 82.9 Å². The Balaban J connectivity index is 1.54. The third-order valence-electron chi connectivity index (χ3n) is 4.68. The van der Waals surface area contributed by atoms with E-state index in [9.17, 15) is 27.2 Å². The maximum Gasteiger partial charge on any atom is 0.416 e. The van der Waals surface area contributed by atoms with Crippen LogP contribution in [0.5, 0.6) is 5.75 Å². The lowest BCUT2D eigenvalue weighted by molar-refractivity contribution is -0.137. The largest absolute Gasteiger partial charge is 0.484 e. The predicted molar refractivity (Wildman–Crippen MR) is 115 cm³/mol. The lowest BCUT2D eigenvalue weighted by Gasteiger charge is -2.10. The topological polar surface area (TPSA) is 85.3 Å². The Kier molecular flexibility index (Phi) is 7.34. The number of benzene rings is 2. The van der Waals surface area contributed by atoms with Crippen molar-refractivity contribution >= 4 is 17.9 Å². The van der Waals surface area contributed by atoms with Crippen molar-refractivity contribution < 1.29 is 31.9 Å². The third kappa shape index (κ3) is 6.21. The van der Waals surface area contributed by atoms with Crippen LogP contribution in [-0.2, 0) is 15.8 Å². The zero-order valence-corrected chi connectivity index (χ0v) is 18.1. The highest BCUT2D eigenvalue weighted by molar-refractivity contribution is 5.93. The minimum Gasteiger partial charge on any atom is -0.484 e. The van der Waals surface area contributed by atoms with Gasteiger partial charge in [-0.3, -0.25) is 20.4 Å². The van der Waals surface area contributed by atoms with Crippen molar-refractivity contribution in [2.75, 3.05) is 6.61 Å². The molecule has 0 unspecified atom stereocenters. The molecule has 3 rings (SSSR count). The number of rotatable bonds is 6. The fourth-order valence-electron chi connectivity index (χ4n) is 3.01. The summed E-state index contributed by atoms with van der Waals surface area (Å²) in [7, 11) is 0. The molecule has 11 heteroatoms. The van der Waals surface area contributed by atoms with Gasteiger partial charge in [0, 0.05) is 17.3 Å². The summed E-state index contributed by atoms with van der Waals surface area (Å²) < 4.78 is 57.9. The van der Waals surface area contributed by atoms with Gasteiger partial charge in [0.05, 0.1) is 16.9 Å². The summed E-state index contributed by atoms with van der Waals surface area (Å²) in [6.07, 6.45) is -1.84. The molecular weight excluding hydrogens is 456 g/mol. The van der Waals surface area contributed by atoms with Gasteiger partial charge in [0.25, 0.3) is 11.8 Å². The fourth-order valence-corrected chi connectivity index (χ4v) is 3.01. The molecule has 0 aliphatic carbocycles. The van der Waals surface area contributed by atoms with Crippen molar-refractivity contribution in [3.8, 4) is 11.4 Å². The summed E-state index contributed by atoms with van der Waals surface area (Å²) >= 11 is 0. The molecule has 178 valence electrons. The molecule has 1 aromatic heterocycles. The number of nitrogens with one attached hydrogen (secondary N) is 2. The number of halogens is 4. The number of hydrogen-bond acceptors (Lipinski definition) is 4. The maximum absolute atomic E-state index is 13.2. The van der Waals surface area contributed by atoms with Crippen molar-refractivity contribution in [1.82, 2.24) is 20.6 Å². The van der Waals surface area contributed by atoms with E-state index in [1.54, 1.807) is 30.7 Å². The van der Waals surface area contributed by atoms with Crippen molar-refractivity contribution in [3.63, 3.8) is 0 Å². The highest BCUT2D eigenvalue weighted by atomic mass is 19.4. The van der Waals surface area contributed by atoms with Crippen LogP contribution >= 0.6 is 0 Å². The summed E-state index contributed by atoms with van der Waals surface area (Å²) in [5.74, 6) is -1.93. The zero-order chi connectivity index (χ0) is 24.9. The Hall–Kier alpha value is -4.15. The molecule has 34 heavy (non-hydrogen) atoms. The van der Waals surface area contributed by atoms with E-state index in [1.165, 1.54) is 30.4 Å². The Morgan fingerprint density at radius 3 is 2.47 bits per heavy atom. The highest BCUT2D eigenvalue weighted by Gasteiger charge is 2.30. The van der Waals surface area contributed by atoms with Crippen LogP contribution in [0.4, 0.5) is 17.6 Å². The number of ether oxygens (including phenoxy) is 1. The third-order valence-corrected chi connectivity index (χ3v) is 4.68. The monoisotopic (exact) mass is 476 g/mol. The minimum absolute atomic E-state index is 0.139. The van der Waals surface area contributed by atoms with E-state index < -0.39 is 30.2 Å². The van der Waals surface area contributed by atoms with E-state index in [4.69, 9.17) is 4.74 Å². The first-order chi connectivity index (χ1) is 16.0. The van der Waals surface area contributed by atoms with Gasteiger partial charge in [-0.15, -0.1) is 0 Å². The molecule has 0 aliphatic rings. The summed E-state index contributed by atoms with van der Waals surface area (Å²) in [6, 6.07) is 9.86. The molecule has 2 aromatic carbocycles. The fraction of sp³-hybridized carbons (Fsp3) is 0.174. The van der Waals surface area contributed by atoms with Gasteiger partial charge in [0.2, 0.25) is 0 Å². The van der Waals surface area contributed by atoms with Gasteiger partial charge in [-0.25, -0.2) is 9.07 Å². The van der Waals surface area contributed by atoms with Gasteiger partial charge in [-0.05, 0) is 62.4 Å². The zero-order valence-electron chi connectivity index (χ0n) is 18.1. The Morgan fingerprint density at radius 2 is 1.79 bits per heavy atom. The molecule has 2 N–H and O–H groups in total. The van der Waals surface area contributed by atoms with Gasteiger partial charge >= 0.3 is 6.18 Å². The van der Waals surface area contributed by atoms with E-state index in [-0.39, 0.29) is 11.6 Å². The van der Waals surface area contributed by atoms with Gasteiger partial charge in [-0.2, -0.15) is 18.3 Å². The van der Waals surface area contributed by atoms with E-state index in [0.29, 0.717) is 22.6 Å². The molecule has 0 saturated heterocycles. The van der Waals surface area contributed by atoms with Crippen LogP contribution < -0.4 is 15.6 Å². The number of hydrazine groups is 1. The molecule has 3 aromatic rings. The minimum atomic E-state index is -4.53. The molecular formula is C23H20F4N4O3. The molecule has 0 fully saturated rings. The molecule has 7 nitrogen and oxygen atoms in total. The van der Waals surface area contributed by atoms with Gasteiger partial charge in [0.15, 0.2) is 6.61 Å². The number of alkyl halides is 3. The molecule has 2 amide bonds. The van der Waals surface area contributed by atoms with Gasteiger partial charge in [0.1, 0.15) is 11.6 Å². The lowest BCUT2D eigenvalue weighted by Crippen LogP contribution is -2.43. The molecule has 0 aliphatic heterocycles. The van der Waals surface area contributed by atoms with E-state index in [0.717, 1.165) is 18.2 Å². The second-order valence-corrected chi connectivity index (χ2v) is 7.16. The van der Waals surface area contributed by atoms with E-state index in [1.807, 2.05) is 0 Å². The van der Waals surface area contributed by atoms with Crippen molar-refractivity contribution in [1.29, 1.82) is 0 Å². The summed E-state index contributed by atoms with van der Waals surface area (Å²) in [4.78, 5) is 23.9. The first kappa shape index (κ1) is 24.5. The molecule has 0 bridgehead atoms. The number of carbonyl (C=O) groups is 2. The predicted octanol–water partition coefficient (Wildman–Crippen LogP) is 3.89.